The molecule has 0 saturated carbocycles. The van der Waals surface area contributed by atoms with Crippen LogP contribution in [0.15, 0.2) is 12.1 Å². The number of methoxy groups -OCH3 is 1. The van der Waals surface area contributed by atoms with Gasteiger partial charge in [-0.2, -0.15) is 0 Å². The third-order valence-corrected chi connectivity index (χ3v) is 4.00. The lowest BCUT2D eigenvalue weighted by Gasteiger charge is -2.25. The maximum atomic E-state index is 13.7. The summed E-state index contributed by atoms with van der Waals surface area (Å²) in [4.78, 5) is 3.07. The van der Waals surface area contributed by atoms with Gasteiger partial charge in [0, 0.05) is 26.3 Å². The number of halogens is 2. The number of fused-ring (bicyclic) bond motifs is 1. The Bertz CT molecular complexity index is 678. The molecular weight excluding hydrogens is 299 g/mol. The van der Waals surface area contributed by atoms with Crippen molar-refractivity contribution in [1.29, 1.82) is 0 Å². The first-order chi connectivity index (χ1) is 9.34. The van der Waals surface area contributed by atoms with Crippen LogP contribution in [0.3, 0.4) is 0 Å². The van der Waals surface area contributed by atoms with Crippen molar-refractivity contribution >= 4 is 34.9 Å². The Hall–Kier alpha value is -0.910. The third kappa shape index (κ3) is 3.22. The average Bonchev–Trinajstić information content (AvgIpc) is 2.64. The number of nitrogens with one attached hydrogen (secondary N) is 1. The lowest BCUT2D eigenvalue weighted by atomic mass is 9.89. The number of hydrogen-bond donors (Lipinski definition) is 1. The first-order valence-electron chi connectivity index (χ1n) is 6.40. The average molecular weight is 317 g/mol. The first-order valence-corrected chi connectivity index (χ1v) is 7.19. The van der Waals surface area contributed by atoms with E-state index in [-0.39, 0.29) is 10.4 Å². The Labute approximate surface area is 127 Å². The van der Waals surface area contributed by atoms with E-state index in [1.165, 1.54) is 6.07 Å². The minimum atomic E-state index is -0.434. The van der Waals surface area contributed by atoms with Crippen molar-refractivity contribution in [1.82, 2.24) is 9.55 Å². The Balaban J connectivity index is 2.41. The quantitative estimate of drug-likeness (QED) is 0.820. The molecule has 0 atom stereocenters. The van der Waals surface area contributed by atoms with Crippen molar-refractivity contribution in [2.75, 3.05) is 13.7 Å². The van der Waals surface area contributed by atoms with Crippen molar-refractivity contribution in [3.8, 4) is 0 Å². The van der Waals surface area contributed by atoms with Gasteiger partial charge in [0.15, 0.2) is 4.77 Å². The van der Waals surface area contributed by atoms with Crippen LogP contribution in [-0.2, 0) is 11.3 Å². The second kappa shape index (κ2) is 5.84. The van der Waals surface area contributed by atoms with E-state index in [2.05, 4.69) is 18.8 Å². The molecule has 20 heavy (non-hydrogen) atoms. The molecule has 0 aliphatic carbocycles. The van der Waals surface area contributed by atoms with Crippen LogP contribution in [0.4, 0.5) is 4.39 Å². The number of benzene rings is 1. The van der Waals surface area contributed by atoms with Crippen molar-refractivity contribution in [2.24, 2.45) is 5.41 Å². The molecule has 1 aromatic carbocycles. The molecule has 110 valence electrons. The number of hydrogen-bond acceptors (Lipinski definition) is 2. The van der Waals surface area contributed by atoms with Gasteiger partial charge in [-0.1, -0.05) is 25.4 Å². The van der Waals surface area contributed by atoms with Crippen molar-refractivity contribution in [3.05, 3.63) is 27.7 Å². The molecule has 0 aliphatic heterocycles. The van der Waals surface area contributed by atoms with Gasteiger partial charge < -0.3 is 14.3 Å². The second-order valence-corrected chi connectivity index (χ2v) is 6.50. The SMILES string of the molecule is COCCC(C)(C)Cn1c(=S)[nH]c2cc(Cl)c(F)cc21. The summed E-state index contributed by atoms with van der Waals surface area (Å²) in [6, 6.07) is 3.00. The van der Waals surface area contributed by atoms with Gasteiger partial charge >= 0.3 is 0 Å². The number of aromatic nitrogens is 2. The molecule has 0 fully saturated rings. The second-order valence-electron chi connectivity index (χ2n) is 5.71. The summed E-state index contributed by atoms with van der Waals surface area (Å²) < 4.78 is 21.3. The highest BCUT2D eigenvalue weighted by Gasteiger charge is 2.20. The maximum absolute atomic E-state index is 13.7. The molecule has 0 unspecified atom stereocenters. The lowest BCUT2D eigenvalue weighted by molar-refractivity contribution is 0.143. The fraction of sp³-hybridized carbons (Fsp3) is 0.500. The number of ether oxygens (including phenoxy) is 1. The molecule has 1 N–H and O–H groups in total. The number of aromatic amines is 1. The molecule has 1 aromatic heterocycles. The zero-order valence-electron chi connectivity index (χ0n) is 11.8. The summed E-state index contributed by atoms with van der Waals surface area (Å²) in [5, 5.41) is 0.0968. The first kappa shape index (κ1) is 15.5. The van der Waals surface area contributed by atoms with Gasteiger partial charge in [0.25, 0.3) is 0 Å². The monoisotopic (exact) mass is 316 g/mol. The number of imidazole rings is 1. The summed E-state index contributed by atoms with van der Waals surface area (Å²) >= 11 is 11.1. The third-order valence-electron chi connectivity index (χ3n) is 3.39. The molecule has 0 saturated heterocycles. The molecular formula is C14H18ClFN2OS. The molecule has 0 spiro atoms. The Morgan fingerprint density at radius 1 is 1.45 bits per heavy atom. The molecule has 0 radical (unpaired) electrons. The molecule has 0 amide bonds. The van der Waals surface area contributed by atoms with E-state index in [0.717, 1.165) is 17.5 Å². The van der Waals surface area contributed by atoms with E-state index >= 15 is 0 Å². The zero-order chi connectivity index (χ0) is 14.9. The minimum Gasteiger partial charge on any atom is -0.385 e. The topological polar surface area (TPSA) is 29.9 Å². The van der Waals surface area contributed by atoms with Gasteiger partial charge in [0.1, 0.15) is 5.82 Å². The highest BCUT2D eigenvalue weighted by atomic mass is 35.5. The van der Waals surface area contributed by atoms with Crippen molar-refractivity contribution in [2.45, 2.75) is 26.8 Å². The van der Waals surface area contributed by atoms with Gasteiger partial charge in [-0.3, -0.25) is 0 Å². The standard InChI is InChI=1S/C14H18ClFN2OS/c1-14(2,4-5-19-3)8-18-12-7-10(16)9(15)6-11(12)17-13(18)20/h6-7H,4-5,8H2,1-3H3,(H,17,20). The van der Waals surface area contributed by atoms with Gasteiger partial charge in [-0.25, -0.2) is 4.39 Å². The highest BCUT2D eigenvalue weighted by molar-refractivity contribution is 7.71. The number of rotatable bonds is 5. The normalized spacial score (nSPS) is 12.2. The van der Waals surface area contributed by atoms with Crippen LogP contribution in [0.1, 0.15) is 20.3 Å². The van der Waals surface area contributed by atoms with Crippen LogP contribution in [-0.4, -0.2) is 23.3 Å². The van der Waals surface area contributed by atoms with E-state index in [1.54, 1.807) is 13.2 Å². The van der Waals surface area contributed by atoms with Crippen molar-refractivity contribution in [3.63, 3.8) is 0 Å². The minimum absolute atomic E-state index is 0.000524. The zero-order valence-corrected chi connectivity index (χ0v) is 13.4. The van der Waals surface area contributed by atoms with E-state index in [4.69, 9.17) is 28.6 Å². The van der Waals surface area contributed by atoms with Gasteiger partial charge in [0.2, 0.25) is 0 Å². The van der Waals surface area contributed by atoms with Crippen LogP contribution >= 0.6 is 23.8 Å². The van der Waals surface area contributed by atoms with Crippen LogP contribution in [0.2, 0.25) is 5.02 Å². The van der Waals surface area contributed by atoms with Crippen LogP contribution in [0.25, 0.3) is 11.0 Å². The summed E-state index contributed by atoms with van der Waals surface area (Å²) in [7, 11) is 1.69. The van der Waals surface area contributed by atoms with E-state index in [1.807, 2.05) is 4.57 Å². The summed E-state index contributed by atoms with van der Waals surface area (Å²) in [5.74, 6) is -0.434. The molecule has 1 heterocycles. The predicted octanol–water partition coefficient (Wildman–Crippen LogP) is 4.55. The molecule has 0 aliphatic rings. The van der Waals surface area contributed by atoms with Crippen LogP contribution in [0, 0.1) is 16.0 Å². The van der Waals surface area contributed by atoms with E-state index < -0.39 is 5.82 Å². The highest BCUT2D eigenvalue weighted by Crippen LogP contribution is 2.28. The number of H-pyrrole nitrogens is 1. The fourth-order valence-corrected chi connectivity index (χ4v) is 2.63. The summed E-state index contributed by atoms with van der Waals surface area (Å²) in [6.07, 6.45) is 0.897. The Morgan fingerprint density at radius 3 is 2.80 bits per heavy atom. The molecule has 2 rings (SSSR count). The molecule has 3 nitrogen and oxygen atoms in total. The van der Waals surface area contributed by atoms with E-state index in [9.17, 15) is 4.39 Å². The molecule has 2 aromatic rings. The van der Waals surface area contributed by atoms with Crippen molar-refractivity contribution < 1.29 is 9.13 Å². The van der Waals surface area contributed by atoms with E-state index in [0.29, 0.717) is 17.9 Å². The largest absolute Gasteiger partial charge is 0.385 e. The van der Waals surface area contributed by atoms with Gasteiger partial charge in [-0.05, 0) is 30.1 Å². The predicted molar refractivity (Wildman–Crippen MR) is 82.4 cm³/mol. The van der Waals surface area contributed by atoms with Gasteiger partial charge in [0.05, 0.1) is 16.1 Å². The van der Waals surface area contributed by atoms with Gasteiger partial charge in [-0.15, -0.1) is 0 Å². The summed E-state index contributed by atoms with van der Waals surface area (Å²) in [5.41, 5.74) is 1.49. The molecule has 0 bridgehead atoms. The molecule has 6 heteroatoms. The lowest BCUT2D eigenvalue weighted by Crippen LogP contribution is -2.21. The maximum Gasteiger partial charge on any atom is 0.178 e. The number of nitrogens with zero attached hydrogens (tertiary/aromatic N) is 1. The van der Waals surface area contributed by atoms with Crippen LogP contribution < -0.4 is 0 Å². The fourth-order valence-electron chi connectivity index (χ4n) is 2.19. The Morgan fingerprint density at radius 2 is 2.15 bits per heavy atom. The Kier molecular flexibility index (Phi) is 4.52. The van der Waals surface area contributed by atoms with Crippen LogP contribution in [0.5, 0.6) is 0 Å². The summed E-state index contributed by atoms with van der Waals surface area (Å²) in [6.45, 7) is 5.65. The smallest absolute Gasteiger partial charge is 0.178 e.